The van der Waals surface area contributed by atoms with Gasteiger partial charge in [0, 0.05) is 88.7 Å². The molecule has 99 valence electrons. The quantitative estimate of drug-likeness (QED) is 0.205. The molecule has 0 amide bonds. The van der Waals surface area contributed by atoms with Crippen molar-refractivity contribution in [3.05, 3.63) is 0 Å². The summed E-state index contributed by atoms with van der Waals surface area (Å²) >= 11 is 0. The monoisotopic (exact) mass is 329 g/mol. The van der Waals surface area contributed by atoms with E-state index in [9.17, 15) is 9.36 Å². The standard InChI is InChI=1S/C6H13O9P.3Na/c7-3(1-5(9)10)6(11)4(8)2-15-16(12,13)14;;;/h3-4,6-8,11H,1-2H2,(H,9,10)(H2,12,13,14);;;/t3-,4-,6+;;;/m1.../s1. The number of phosphoric ester groups is 1. The van der Waals surface area contributed by atoms with Crippen LogP contribution in [-0.2, 0) is 13.9 Å². The topological polar surface area (TPSA) is 165 Å². The molecule has 19 heavy (non-hydrogen) atoms. The Morgan fingerprint density at radius 2 is 1.47 bits per heavy atom. The molecule has 3 atom stereocenters. The Kier molecular flexibility index (Phi) is 21.8. The van der Waals surface area contributed by atoms with E-state index in [-0.39, 0.29) is 88.7 Å². The molecule has 0 fully saturated rings. The SMILES string of the molecule is O=C(O)C[C@@H](O)[C@H](O)[C@H](O)COP(=O)(O)O.[Na].[Na].[Na]. The predicted molar refractivity (Wildman–Crippen MR) is 65.5 cm³/mol. The molecular formula is C6H13Na3O9P. The van der Waals surface area contributed by atoms with Crippen LogP contribution in [-0.4, -0.2) is 150 Å². The number of carboxylic acid groups (broad SMARTS) is 1. The third-order valence-electron chi connectivity index (χ3n) is 1.59. The molecule has 3 radical (unpaired) electrons. The number of hydrogen-bond acceptors (Lipinski definition) is 6. The van der Waals surface area contributed by atoms with Crippen LogP contribution in [0.15, 0.2) is 0 Å². The molecule has 13 heteroatoms. The van der Waals surface area contributed by atoms with Crippen LogP contribution in [0.25, 0.3) is 0 Å². The van der Waals surface area contributed by atoms with Crippen LogP contribution < -0.4 is 0 Å². The first kappa shape index (κ1) is 29.5. The molecular weight excluding hydrogens is 316 g/mol. The summed E-state index contributed by atoms with van der Waals surface area (Å²) in [7, 11) is -4.79. The van der Waals surface area contributed by atoms with Gasteiger partial charge in [-0.2, -0.15) is 0 Å². The van der Waals surface area contributed by atoms with Gasteiger partial charge in [-0.15, -0.1) is 0 Å². The van der Waals surface area contributed by atoms with Crippen molar-refractivity contribution in [3.8, 4) is 0 Å². The van der Waals surface area contributed by atoms with Crippen LogP contribution in [0.1, 0.15) is 6.42 Å². The van der Waals surface area contributed by atoms with Gasteiger partial charge in [0.15, 0.2) is 0 Å². The molecule has 0 aliphatic heterocycles. The van der Waals surface area contributed by atoms with Crippen LogP contribution in [0, 0.1) is 0 Å². The summed E-state index contributed by atoms with van der Waals surface area (Å²) in [6, 6.07) is 0. The summed E-state index contributed by atoms with van der Waals surface area (Å²) in [5.74, 6) is -1.39. The number of carbonyl (C=O) groups is 1. The van der Waals surface area contributed by atoms with Crippen molar-refractivity contribution in [3.63, 3.8) is 0 Å². The molecule has 0 saturated carbocycles. The normalized spacial score (nSPS) is 15.0. The van der Waals surface area contributed by atoms with E-state index in [2.05, 4.69) is 4.52 Å². The van der Waals surface area contributed by atoms with Crippen LogP contribution in [0.5, 0.6) is 0 Å². The first-order valence-corrected chi connectivity index (χ1v) is 5.62. The van der Waals surface area contributed by atoms with Crippen LogP contribution in [0.3, 0.4) is 0 Å². The second-order valence-corrected chi connectivity index (χ2v) is 4.25. The molecule has 0 unspecified atom stereocenters. The molecule has 0 saturated heterocycles. The fourth-order valence-corrected chi connectivity index (χ4v) is 1.18. The molecule has 0 bridgehead atoms. The molecule has 9 nitrogen and oxygen atoms in total. The maximum atomic E-state index is 10.2. The van der Waals surface area contributed by atoms with E-state index >= 15 is 0 Å². The van der Waals surface area contributed by atoms with Gasteiger partial charge in [0.05, 0.1) is 19.1 Å². The fourth-order valence-electron chi connectivity index (χ4n) is 0.828. The number of aliphatic hydroxyl groups is 3. The largest absolute Gasteiger partial charge is 0.481 e. The minimum Gasteiger partial charge on any atom is -0.481 e. The van der Waals surface area contributed by atoms with Crippen molar-refractivity contribution in [2.24, 2.45) is 0 Å². The average Bonchev–Trinajstić information content (AvgIpc) is 2.10. The zero-order valence-corrected chi connectivity index (χ0v) is 17.9. The molecule has 0 heterocycles. The third-order valence-corrected chi connectivity index (χ3v) is 2.07. The zero-order valence-electron chi connectivity index (χ0n) is 11.0. The predicted octanol–water partition coefficient (Wildman–Crippen LogP) is -3.49. The molecule has 0 aliphatic rings. The van der Waals surface area contributed by atoms with Gasteiger partial charge < -0.3 is 30.2 Å². The van der Waals surface area contributed by atoms with Gasteiger partial charge in [-0.3, -0.25) is 9.32 Å². The molecule has 6 N–H and O–H groups in total. The van der Waals surface area contributed by atoms with Gasteiger partial charge in [-0.1, -0.05) is 0 Å². The minimum atomic E-state index is -4.79. The van der Waals surface area contributed by atoms with Gasteiger partial charge in [-0.05, 0) is 0 Å². The van der Waals surface area contributed by atoms with Crippen molar-refractivity contribution in [2.45, 2.75) is 24.7 Å². The Morgan fingerprint density at radius 1 is 1.05 bits per heavy atom. The second-order valence-electron chi connectivity index (χ2n) is 3.01. The Labute approximate surface area is 175 Å². The van der Waals surface area contributed by atoms with E-state index in [1.54, 1.807) is 0 Å². The fraction of sp³-hybridized carbons (Fsp3) is 0.833. The first-order valence-electron chi connectivity index (χ1n) is 4.09. The van der Waals surface area contributed by atoms with Crippen molar-refractivity contribution >= 4 is 102 Å². The average molecular weight is 329 g/mol. The van der Waals surface area contributed by atoms with Gasteiger partial charge in [-0.25, -0.2) is 4.57 Å². The number of aliphatic hydroxyl groups excluding tert-OH is 3. The van der Waals surface area contributed by atoms with Gasteiger partial charge in [0.25, 0.3) is 0 Å². The molecule has 0 aromatic heterocycles. The Hall–Kier alpha value is 2.46. The second kappa shape index (κ2) is 14.1. The summed E-state index contributed by atoms with van der Waals surface area (Å²) in [6.07, 6.45) is -6.24. The Bertz CT molecular complexity index is 285. The van der Waals surface area contributed by atoms with Crippen LogP contribution in [0.4, 0.5) is 0 Å². The Balaban J connectivity index is -0.000000375. The van der Waals surface area contributed by atoms with Crippen molar-refractivity contribution in [2.75, 3.05) is 6.61 Å². The van der Waals surface area contributed by atoms with Crippen LogP contribution >= 0.6 is 7.82 Å². The molecule has 0 spiro atoms. The number of aliphatic carboxylic acids is 1. The zero-order chi connectivity index (χ0) is 12.9. The first-order chi connectivity index (χ1) is 7.13. The van der Waals surface area contributed by atoms with Crippen molar-refractivity contribution in [1.29, 1.82) is 0 Å². The maximum absolute atomic E-state index is 10.2. The number of carboxylic acids is 1. The van der Waals surface area contributed by atoms with E-state index < -0.39 is 45.1 Å². The molecule has 0 aromatic carbocycles. The van der Waals surface area contributed by atoms with Gasteiger partial charge in [0.2, 0.25) is 0 Å². The Morgan fingerprint density at radius 3 is 1.79 bits per heavy atom. The maximum Gasteiger partial charge on any atom is 0.469 e. The minimum absolute atomic E-state index is 0. The number of rotatable bonds is 7. The van der Waals surface area contributed by atoms with E-state index in [1.165, 1.54) is 0 Å². The van der Waals surface area contributed by atoms with Gasteiger partial charge >= 0.3 is 13.8 Å². The van der Waals surface area contributed by atoms with E-state index in [1.807, 2.05) is 0 Å². The van der Waals surface area contributed by atoms with E-state index in [4.69, 9.17) is 30.2 Å². The van der Waals surface area contributed by atoms with Crippen LogP contribution in [0.2, 0.25) is 0 Å². The number of phosphoric acid groups is 1. The molecule has 0 aliphatic carbocycles. The summed E-state index contributed by atoms with van der Waals surface area (Å²) in [5, 5.41) is 35.5. The summed E-state index contributed by atoms with van der Waals surface area (Å²) in [5.41, 5.74) is 0. The molecule has 0 aromatic rings. The van der Waals surface area contributed by atoms with Crippen molar-refractivity contribution in [1.82, 2.24) is 0 Å². The molecule has 0 rings (SSSR count). The van der Waals surface area contributed by atoms with E-state index in [0.29, 0.717) is 0 Å². The third kappa shape index (κ3) is 16.7. The summed E-state index contributed by atoms with van der Waals surface area (Å²) in [6.45, 7) is -0.928. The van der Waals surface area contributed by atoms with Gasteiger partial charge in [0.1, 0.15) is 12.2 Å². The smallest absolute Gasteiger partial charge is 0.469 e. The summed E-state index contributed by atoms with van der Waals surface area (Å²) in [4.78, 5) is 26.7. The van der Waals surface area contributed by atoms with Crippen molar-refractivity contribution < 1.29 is 44.1 Å². The van der Waals surface area contributed by atoms with E-state index in [0.717, 1.165) is 0 Å². The number of hydrogen-bond donors (Lipinski definition) is 6. The summed E-state index contributed by atoms with van der Waals surface area (Å²) < 4.78 is 14.1.